The van der Waals surface area contributed by atoms with E-state index in [1.807, 2.05) is 0 Å². The van der Waals surface area contributed by atoms with E-state index in [1.54, 1.807) is 27.7 Å². The predicted octanol–water partition coefficient (Wildman–Crippen LogP) is 2.32. The highest BCUT2D eigenvalue weighted by atomic mass is 19.3. The summed E-state index contributed by atoms with van der Waals surface area (Å²) in [6, 6.07) is 7.25. The number of halogens is 2. The third-order valence-electron chi connectivity index (χ3n) is 6.32. The molecule has 0 unspecified atom stereocenters. The lowest BCUT2D eigenvalue weighted by Gasteiger charge is -2.39. The average Bonchev–Trinajstić information content (AvgIpc) is 3.37. The number of nitrogens with one attached hydrogen (secondary N) is 2. The minimum absolute atomic E-state index is 0.109. The number of nitriles is 1. The van der Waals surface area contributed by atoms with Gasteiger partial charge in [-0.1, -0.05) is 0 Å². The van der Waals surface area contributed by atoms with Crippen molar-refractivity contribution in [2.45, 2.75) is 24.8 Å². The Kier molecular flexibility index (Phi) is 4.31. The van der Waals surface area contributed by atoms with E-state index in [0.29, 0.717) is 55.1 Å². The van der Waals surface area contributed by atoms with Gasteiger partial charge in [-0.25, -0.2) is 13.6 Å². The summed E-state index contributed by atoms with van der Waals surface area (Å²) in [4.78, 5) is 28.3. The molecule has 0 bridgehead atoms. The van der Waals surface area contributed by atoms with Gasteiger partial charge in [0.05, 0.1) is 42.8 Å². The maximum Gasteiger partial charge on any atom is 0.328 e. The molecule has 2 saturated heterocycles. The molecule has 6 rings (SSSR count). The third kappa shape index (κ3) is 3.19. The monoisotopic (exact) mass is 454 g/mol. The molecule has 12 heteroatoms. The summed E-state index contributed by atoms with van der Waals surface area (Å²) in [6.45, 7) is 0.463. The molecule has 33 heavy (non-hydrogen) atoms. The number of hydrogen-bond acceptors (Lipinski definition) is 8. The summed E-state index contributed by atoms with van der Waals surface area (Å²) in [5, 5.41) is 12.5. The fraction of sp³-hybridized carbons (Fsp3) is 0.429. The lowest BCUT2D eigenvalue weighted by Crippen LogP contribution is -2.56. The van der Waals surface area contributed by atoms with Gasteiger partial charge in [0.1, 0.15) is 5.52 Å². The van der Waals surface area contributed by atoms with Crippen molar-refractivity contribution in [3.05, 3.63) is 34.2 Å². The van der Waals surface area contributed by atoms with Crippen molar-refractivity contribution in [2.24, 2.45) is 0 Å². The van der Waals surface area contributed by atoms with Crippen molar-refractivity contribution in [1.82, 2.24) is 19.5 Å². The molecule has 0 aliphatic carbocycles. The number of fused-ring (bicyclic) bond motifs is 2. The summed E-state index contributed by atoms with van der Waals surface area (Å²) in [7, 11) is 0. The van der Waals surface area contributed by atoms with Gasteiger partial charge in [-0.05, 0) is 31.0 Å². The van der Waals surface area contributed by atoms with Crippen molar-refractivity contribution in [3.8, 4) is 6.07 Å². The van der Waals surface area contributed by atoms with E-state index in [-0.39, 0.29) is 23.5 Å². The lowest BCUT2D eigenvalue weighted by molar-refractivity contribution is -0.0265. The van der Waals surface area contributed by atoms with Crippen LogP contribution in [-0.4, -0.2) is 58.4 Å². The van der Waals surface area contributed by atoms with E-state index in [4.69, 9.17) is 9.72 Å². The molecule has 3 aliphatic heterocycles. The first-order chi connectivity index (χ1) is 15.9. The number of imidazole rings is 1. The summed E-state index contributed by atoms with van der Waals surface area (Å²) in [5.41, 5.74) is 2.39. The van der Waals surface area contributed by atoms with Crippen molar-refractivity contribution in [2.75, 3.05) is 48.1 Å². The van der Waals surface area contributed by atoms with Crippen LogP contribution in [0.3, 0.4) is 0 Å². The van der Waals surface area contributed by atoms with Gasteiger partial charge < -0.3 is 19.9 Å². The molecule has 3 aromatic rings. The van der Waals surface area contributed by atoms with Gasteiger partial charge in [0, 0.05) is 19.3 Å². The van der Waals surface area contributed by atoms with Crippen molar-refractivity contribution in [1.29, 1.82) is 5.26 Å². The average molecular weight is 454 g/mol. The highest BCUT2D eigenvalue weighted by Crippen LogP contribution is 2.40. The SMILES string of the molecule is N#Cc1ccc2c(c1)N(c1nc(N3CC(F)(F)C3)c3[nH]c(=O)n(C4CCOCC4)c3n1)CN2. The lowest BCUT2D eigenvalue weighted by atomic mass is 10.1. The molecule has 0 amide bonds. The topological polar surface area (TPSA) is 115 Å². The highest BCUT2D eigenvalue weighted by Gasteiger charge is 2.46. The van der Waals surface area contributed by atoms with Crippen molar-refractivity contribution < 1.29 is 13.5 Å². The number of benzene rings is 1. The van der Waals surface area contributed by atoms with Crippen molar-refractivity contribution >= 4 is 34.3 Å². The minimum atomic E-state index is -2.80. The first-order valence-corrected chi connectivity index (χ1v) is 10.7. The van der Waals surface area contributed by atoms with Crippen LogP contribution in [0.1, 0.15) is 24.4 Å². The number of hydrogen-bond donors (Lipinski definition) is 2. The number of nitrogens with zero attached hydrogens (tertiary/aromatic N) is 6. The molecule has 2 fully saturated rings. The van der Waals surface area contributed by atoms with Crippen LogP contribution in [0.5, 0.6) is 0 Å². The molecule has 0 atom stereocenters. The summed E-state index contributed by atoms with van der Waals surface area (Å²) >= 11 is 0. The Morgan fingerprint density at radius 2 is 2.00 bits per heavy atom. The Morgan fingerprint density at radius 3 is 2.73 bits per heavy atom. The van der Waals surface area contributed by atoms with Crippen LogP contribution in [0.15, 0.2) is 23.0 Å². The van der Waals surface area contributed by atoms with Crippen LogP contribution in [-0.2, 0) is 4.74 Å². The van der Waals surface area contributed by atoms with Crippen LogP contribution in [0.25, 0.3) is 11.2 Å². The normalized spacial score (nSPS) is 19.8. The molecule has 0 radical (unpaired) electrons. The third-order valence-corrected chi connectivity index (χ3v) is 6.32. The first-order valence-electron chi connectivity index (χ1n) is 10.7. The second kappa shape index (κ2) is 7.14. The molecule has 2 aromatic heterocycles. The molecule has 0 spiro atoms. The maximum absolute atomic E-state index is 13.7. The number of anilines is 4. The zero-order valence-electron chi connectivity index (χ0n) is 17.5. The molecule has 1 aromatic carbocycles. The van der Waals surface area contributed by atoms with Gasteiger partial charge in [-0.15, -0.1) is 0 Å². The van der Waals surface area contributed by atoms with Gasteiger partial charge in [0.2, 0.25) is 5.95 Å². The van der Waals surface area contributed by atoms with Crippen LogP contribution >= 0.6 is 0 Å². The van der Waals surface area contributed by atoms with E-state index in [2.05, 4.69) is 21.4 Å². The Hall–Kier alpha value is -3.72. The zero-order chi connectivity index (χ0) is 22.7. The number of alkyl halides is 2. The Bertz CT molecular complexity index is 1350. The van der Waals surface area contributed by atoms with Crippen molar-refractivity contribution in [3.63, 3.8) is 0 Å². The second-order valence-corrected chi connectivity index (χ2v) is 8.51. The zero-order valence-corrected chi connectivity index (χ0v) is 17.5. The van der Waals surface area contributed by atoms with E-state index < -0.39 is 19.0 Å². The molecule has 10 nitrogen and oxygen atoms in total. The molecule has 0 saturated carbocycles. The second-order valence-electron chi connectivity index (χ2n) is 8.51. The van der Waals surface area contributed by atoms with Gasteiger partial charge in [0.15, 0.2) is 11.5 Å². The van der Waals surface area contributed by atoms with Crippen LogP contribution in [0.4, 0.5) is 31.9 Å². The minimum Gasteiger partial charge on any atom is -0.381 e. The highest BCUT2D eigenvalue weighted by molar-refractivity contribution is 5.88. The fourth-order valence-corrected chi connectivity index (χ4v) is 4.67. The van der Waals surface area contributed by atoms with E-state index in [0.717, 1.165) is 5.69 Å². The van der Waals surface area contributed by atoms with Gasteiger partial charge in [-0.3, -0.25) is 9.47 Å². The molecule has 2 N–H and O–H groups in total. The van der Waals surface area contributed by atoms with Crippen LogP contribution < -0.4 is 20.8 Å². The number of H-pyrrole nitrogens is 1. The first kappa shape index (κ1) is 19.9. The largest absolute Gasteiger partial charge is 0.381 e. The molecular formula is C21H20F2N8O2. The predicted molar refractivity (Wildman–Crippen MR) is 116 cm³/mol. The Balaban J connectivity index is 1.52. The number of rotatable bonds is 3. The van der Waals surface area contributed by atoms with Gasteiger partial charge >= 0.3 is 5.69 Å². The van der Waals surface area contributed by atoms with Crippen LogP contribution in [0.2, 0.25) is 0 Å². The summed E-state index contributed by atoms with van der Waals surface area (Å²) in [5.74, 6) is -2.26. The van der Waals surface area contributed by atoms with Crippen LogP contribution in [0, 0.1) is 11.3 Å². The number of ether oxygens (including phenoxy) is 1. The molecular weight excluding hydrogens is 434 g/mol. The van der Waals surface area contributed by atoms with Gasteiger partial charge in [0.25, 0.3) is 5.92 Å². The molecule has 5 heterocycles. The fourth-order valence-electron chi connectivity index (χ4n) is 4.67. The molecule has 3 aliphatic rings. The van der Waals surface area contributed by atoms with E-state index >= 15 is 0 Å². The van der Waals surface area contributed by atoms with E-state index in [9.17, 15) is 18.8 Å². The molecule has 170 valence electrons. The maximum atomic E-state index is 13.7. The Labute approximate surface area is 186 Å². The number of aromatic amines is 1. The standard InChI is InChI=1S/C21H20F2N8O2/c22-21(23)9-29(10-21)17-16-18(31(20(32)26-16)13-3-5-33-6-4-13)28-19(27-17)30-11-25-14-2-1-12(8-24)7-15(14)30/h1-2,7,13,25H,3-6,9-11H2,(H,26,32). The number of aromatic nitrogens is 4. The smallest absolute Gasteiger partial charge is 0.328 e. The quantitative estimate of drug-likeness (QED) is 0.620. The summed E-state index contributed by atoms with van der Waals surface area (Å²) in [6.07, 6.45) is 1.31. The Morgan fingerprint density at radius 1 is 1.21 bits per heavy atom. The summed E-state index contributed by atoms with van der Waals surface area (Å²) < 4.78 is 34.4. The van der Waals surface area contributed by atoms with Gasteiger partial charge in [-0.2, -0.15) is 15.2 Å². The van der Waals surface area contributed by atoms with E-state index in [1.165, 1.54) is 4.90 Å².